The molecule has 0 unspecified atom stereocenters. The van der Waals surface area contributed by atoms with E-state index in [9.17, 15) is 0 Å². The summed E-state index contributed by atoms with van der Waals surface area (Å²) in [6.45, 7) is 1.95. The van der Waals surface area contributed by atoms with Crippen molar-refractivity contribution in [1.82, 2.24) is 15.0 Å². The molecule has 0 saturated heterocycles. The van der Waals surface area contributed by atoms with Crippen LogP contribution in [0.2, 0.25) is 0 Å². The number of aromatic nitrogens is 3. The normalized spacial score (nSPS) is 10.9. The van der Waals surface area contributed by atoms with Crippen molar-refractivity contribution in [1.29, 1.82) is 0 Å². The summed E-state index contributed by atoms with van der Waals surface area (Å²) in [6.07, 6.45) is 1.70. The summed E-state index contributed by atoms with van der Waals surface area (Å²) in [5, 5.41) is 1.83. The molecule has 86 valence electrons. The van der Waals surface area contributed by atoms with Crippen molar-refractivity contribution in [3.05, 3.63) is 30.2 Å². The highest BCUT2D eigenvalue weighted by molar-refractivity contribution is 7.17. The number of thiazole rings is 1. The van der Waals surface area contributed by atoms with Crippen molar-refractivity contribution in [2.75, 3.05) is 7.11 Å². The summed E-state index contributed by atoms with van der Waals surface area (Å²) in [5.74, 6) is 0. The summed E-state index contributed by atoms with van der Waals surface area (Å²) in [5.41, 5.74) is 4.00. The van der Waals surface area contributed by atoms with Crippen molar-refractivity contribution < 1.29 is 4.74 Å². The number of benzene rings is 1. The Hall–Kier alpha value is -1.88. The lowest BCUT2D eigenvalue weighted by Crippen LogP contribution is -1.80. The summed E-state index contributed by atoms with van der Waals surface area (Å²) in [4.78, 5) is 11.8. The molecule has 0 aliphatic rings. The van der Waals surface area contributed by atoms with Crippen LogP contribution >= 0.6 is 11.3 Å². The molecule has 0 saturated carbocycles. The first-order chi connectivity index (χ1) is 8.28. The third kappa shape index (κ3) is 1.68. The maximum atomic E-state index is 5.26. The van der Waals surface area contributed by atoms with Gasteiger partial charge in [0.2, 0.25) is 0 Å². The van der Waals surface area contributed by atoms with E-state index >= 15 is 0 Å². The Labute approximate surface area is 102 Å². The number of nitrogens with zero attached hydrogens (tertiary/aromatic N) is 2. The van der Waals surface area contributed by atoms with Gasteiger partial charge in [-0.15, -0.1) is 0 Å². The smallest absolute Gasteiger partial charge is 0.197 e. The lowest BCUT2D eigenvalue weighted by Gasteiger charge is -1.95. The summed E-state index contributed by atoms with van der Waals surface area (Å²) < 4.78 is 5.26. The first-order valence-electron chi connectivity index (χ1n) is 5.23. The average Bonchev–Trinajstić information content (AvgIpc) is 2.93. The lowest BCUT2D eigenvalue weighted by molar-refractivity contribution is 0.423. The van der Waals surface area contributed by atoms with E-state index in [0.29, 0.717) is 0 Å². The van der Waals surface area contributed by atoms with Crippen LogP contribution in [0.5, 0.6) is 5.06 Å². The number of hydrogen-bond acceptors (Lipinski definition) is 4. The minimum atomic E-state index is 0.865. The highest BCUT2D eigenvalue weighted by atomic mass is 32.1. The first-order valence-corrected chi connectivity index (χ1v) is 6.04. The molecule has 0 radical (unpaired) electrons. The van der Waals surface area contributed by atoms with Crippen LogP contribution in [-0.2, 0) is 0 Å². The van der Waals surface area contributed by atoms with Gasteiger partial charge < -0.3 is 9.72 Å². The molecule has 3 aromatic rings. The number of imidazole rings is 1. The predicted molar refractivity (Wildman–Crippen MR) is 68.5 cm³/mol. The number of H-pyrrole nitrogens is 1. The molecule has 1 aromatic carbocycles. The second-order valence-electron chi connectivity index (χ2n) is 3.73. The molecule has 17 heavy (non-hydrogen) atoms. The molecule has 2 heterocycles. The van der Waals surface area contributed by atoms with Crippen LogP contribution in [0.1, 0.15) is 5.69 Å². The number of hydrogen-bond donors (Lipinski definition) is 1. The van der Waals surface area contributed by atoms with Gasteiger partial charge in [-0.05, 0) is 25.1 Å². The first kappa shape index (κ1) is 10.3. The molecule has 3 rings (SSSR count). The average molecular weight is 245 g/mol. The molecule has 0 fully saturated rings. The van der Waals surface area contributed by atoms with Gasteiger partial charge in [0, 0.05) is 5.56 Å². The van der Waals surface area contributed by atoms with Crippen molar-refractivity contribution in [2.24, 2.45) is 0 Å². The summed E-state index contributed by atoms with van der Waals surface area (Å²) in [6, 6.07) is 6.07. The monoisotopic (exact) mass is 245 g/mol. The second-order valence-corrected chi connectivity index (χ2v) is 4.69. The number of nitrogens with one attached hydrogen (secondary N) is 1. The molecule has 0 aliphatic carbocycles. The van der Waals surface area contributed by atoms with E-state index in [-0.39, 0.29) is 0 Å². The Kier molecular flexibility index (Phi) is 2.33. The van der Waals surface area contributed by atoms with Gasteiger partial charge in [-0.25, -0.2) is 9.97 Å². The van der Waals surface area contributed by atoms with E-state index in [0.717, 1.165) is 32.4 Å². The Morgan fingerprint density at radius 3 is 3.00 bits per heavy atom. The molecular weight excluding hydrogens is 234 g/mol. The van der Waals surface area contributed by atoms with Gasteiger partial charge in [0.1, 0.15) is 5.01 Å². The predicted octanol–water partition coefficient (Wildman–Crippen LogP) is 3.00. The highest BCUT2D eigenvalue weighted by Crippen LogP contribution is 2.33. The fourth-order valence-electron chi connectivity index (χ4n) is 1.76. The Bertz CT molecular complexity index is 671. The molecule has 0 amide bonds. The molecule has 5 heteroatoms. The number of fused-ring (bicyclic) bond motifs is 1. The minimum absolute atomic E-state index is 0.865. The van der Waals surface area contributed by atoms with Crippen LogP contribution in [0.4, 0.5) is 0 Å². The number of rotatable bonds is 2. The van der Waals surface area contributed by atoms with Crippen LogP contribution in [-0.4, -0.2) is 22.1 Å². The van der Waals surface area contributed by atoms with Crippen LogP contribution in [0.3, 0.4) is 0 Å². The van der Waals surface area contributed by atoms with Crippen LogP contribution in [0.25, 0.3) is 21.6 Å². The van der Waals surface area contributed by atoms with Crippen LogP contribution in [0, 0.1) is 6.92 Å². The van der Waals surface area contributed by atoms with Gasteiger partial charge in [0.15, 0.2) is 5.06 Å². The second kappa shape index (κ2) is 3.85. The van der Waals surface area contributed by atoms with Gasteiger partial charge in [0.05, 0.1) is 30.2 Å². The van der Waals surface area contributed by atoms with Gasteiger partial charge in [-0.3, -0.25) is 0 Å². The zero-order valence-electron chi connectivity index (χ0n) is 9.52. The van der Waals surface area contributed by atoms with Gasteiger partial charge >= 0.3 is 0 Å². The van der Waals surface area contributed by atoms with Crippen molar-refractivity contribution in [3.8, 4) is 15.6 Å². The van der Waals surface area contributed by atoms with Gasteiger partial charge in [-0.1, -0.05) is 11.3 Å². The fourth-order valence-corrected chi connectivity index (χ4v) is 2.64. The maximum Gasteiger partial charge on any atom is 0.197 e. The van der Waals surface area contributed by atoms with E-state index < -0.39 is 0 Å². The number of ether oxygens (including phenoxy) is 1. The van der Waals surface area contributed by atoms with Crippen LogP contribution in [0.15, 0.2) is 24.5 Å². The van der Waals surface area contributed by atoms with Gasteiger partial charge in [0.25, 0.3) is 0 Å². The summed E-state index contributed by atoms with van der Waals surface area (Å²) >= 11 is 1.56. The van der Waals surface area contributed by atoms with Crippen molar-refractivity contribution in [2.45, 2.75) is 6.92 Å². The maximum absolute atomic E-state index is 5.26. The molecule has 0 bridgehead atoms. The molecule has 1 N–H and O–H groups in total. The number of methoxy groups -OCH3 is 1. The Morgan fingerprint density at radius 1 is 1.35 bits per heavy atom. The lowest BCUT2D eigenvalue weighted by atomic mass is 10.2. The quantitative estimate of drug-likeness (QED) is 0.755. The van der Waals surface area contributed by atoms with Crippen molar-refractivity contribution >= 4 is 22.4 Å². The third-order valence-electron chi connectivity index (χ3n) is 2.61. The largest absolute Gasteiger partial charge is 0.486 e. The van der Waals surface area contributed by atoms with E-state index in [1.54, 1.807) is 24.8 Å². The van der Waals surface area contributed by atoms with E-state index in [1.165, 1.54) is 0 Å². The van der Waals surface area contributed by atoms with Gasteiger partial charge in [-0.2, -0.15) is 0 Å². The molecule has 0 atom stereocenters. The van der Waals surface area contributed by atoms with Crippen LogP contribution < -0.4 is 4.74 Å². The topological polar surface area (TPSA) is 50.8 Å². The standard InChI is InChI=1S/C12H11N3OS/c1-7-12(16-2)17-11(15-7)8-3-4-9-10(5-8)14-6-13-9/h3-6H,1-2H3,(H,13,14). The SMILES string of the molecule is COc1sc(-c2ccc3nc[nH]c3c2)nc1C. The number of aromatic amines is 1. The molecule has 0 spiro atoms. The van der Waals surface area contributed by atoms with Crippen molar-refractivity contribution in [3.63, 3.8) is 0 Å². The molecule has 4 nitrogen and oxygen atoms in total. The highest BCUT2D eigenvalue weighted by Gasteiger charge is 2.10. The zero-order valence-corrected chi connectivity index (χ0v) is 10.3. The Balaban J connectivity index is 2.12. The van der Waals surface area contributed by atoms with E-state index in [4.69, 9.17) is 4.74 Å². The molecular formula is C12H11N3OS. The van der Waals surface area contributed by atoms with E-state index in [2.05, 4.69) is 21.0 Å². The molecule has 2 aromatic heterocycles. The molecule has 0 aliphatic heterocycles. The van der Waals surface area contributed by atoms with E-state index in [1.807, 2.05) is 19.1 Å². The third-order valence-corrected chi connectivity index (χ3v) is 3.77. The number of aryl methyl sites for hydroxylation is 1. The summed E-state index contributed by atoms with van der Waals surface area (Å²) in [7, 11) is 1.67. The zero-order chi connectivity index (χ0) is 11.8. The minimum Gasteiger partial charge on any atom is -0.486 e. The Morgan fingerprint density at radius 2 is 2.24 bits per heavy atom. The fraction of sp³-hybridized carbons (Fsp3) is 0.167.